The number of carbonyl (C=O) groups excluding carboxylic acids is 2. The molecule has 32 heavy (non-hydrogen) atoms. The first-order valence-corrected chi connectivity index (χ1v) is 10.8. The zero-order valence-corrected chi connectivity index (χ0v) is 19.5. The van der Waals surface area contributed by atoms with Crippen molar-refractivity contribution in [3.8, 4) is 11.5 Å². The summed E-state index contributed by atoms with van der Waals surface area (Å²) < 4.78 is 17.0. The lowest BCUT2D eigenvalue weighted by atomic mass is 9.79. The zero-order valence-electron chi connectivity index (χ0n) is 18.0. The molecule has 1 atom stereocenters. The molecule has 0 saturated carbocycles. The van der Waals surface area contributed by atoms with Gasteiger partial charge in [-0.1, -0.05) is 36.9 Å². The number of carbonyl (C=O) groups is 2. The van der Waals surface area contributed by atoms with Crippen molar-refractivity contribution in [2.75, 3.05) is 20.8 Å². The Labute approximate surface area is 194 Å². The number of hydrogen-bond donors (Lipinski definition) is 1. The van der Waals surface area contributed by atoms with Gasteiger partial charge in [0.25, 0.3) is 0 Å². The van der Waals surface area contributed by atoms with Crippen molar-refractivity contribution in [3.63, 3.8) is 0 Å². The van der Waals surface area contributed by atoms with Gasteiger partial charge in [-0.2, -0.15) is 0 Å². The van der Waals surface area contributed by atoms with Crippen LogP contribution in [0.2, 0.25) is 0 Å². The fourth-order valence-electron chi connectivity index (χ4n) is 4.23. The lowest BCUT2D eigenvalue weighted by Gasteiger charge is -2.29. The highest BCUT2D eigenvalue weighted by molar-refractivity contribution is 9.10. The van der Waals surface area contributed by atoms with E-state index < -0.39 is 11.9 Å². The topological polar surface area (TPSA) is 73.9 Å². The Morgan fingerprint density at radius 2 is 1.94 bits per heavy atom. The second-order valence-corrected chi connectivity index (χ2v) is 8.24. The molecule has 0 fully saturated rings. The van der Waals surface area contributed by atoms with E-state index in [-0.39, 0.29) is 5.78 Å². The molecule has 0 spiro atoms. The third-order valence-electron chi connectivity index (χ3n) is 5.58. The summed E-state index contributed by atoms with van der Waals surface area (Å²) in [6.45, 7) is 5.78. The Morgan fingerprint density at radius 3 is 2.59 bits per heavy atom. The molecule has 2 aliphatic rings. The molecular weight excluding hydrogens is 474 g/mol. The van der Waals surface area contributed by atoms with Crippen LogP contribution in [0.25, 0.3) is 5.70 Å². The van der Waals surface area contributed by atoms with Crippen LogP contribution in [0.1, 0.15) is 34.3 Å². The van der Waals surface area contributed by atoms with Gasteiger partial charge >= 0.3 is 5.97 Å². The summed E-state index contributed by atoms with van der Waals surface area (Å²) in [4.78, 5) is 26.3. The number of ketones is 1. The van der Waals surface area contributed by atoms with Crippen LogP contribution >= 0.6 is 15.9 Å². The maximum Gasteiger partial charge on any atom is 0.336 e. The average molecular weight is 496 g/mol. The van der Waals surface area contributed by atoms with E-state index in [1.165, 1.54) is 7.11 Å². The molecule has 0 bridgehead atoms. The number of rotatable bonds is 6. The number of halogens is 1. The molecule has 2 aromatic rings. The van der Waals surface area contributed by atoms with E-state index in [1.807, 2.05) is 31.2 Å². The van der Waals surface area contributed by atoms with Crippen LogP contribution in [0.4, 0.5) is 0 Å². The number of methoxy groups -OCH3 is 2. The van der Waals surface area contributed by atoms with E-state index in [9.17, 15) is 9.59 Å². The highest BCUT2D eigenvalue weighted by Crippen LogP contribution is 2.49. The minimum absolute atomic E-state index is 0.121. The third-order valence-corrected chi connectivity index (χ3v) is 6.17. The van der Waals surface area contributed by atoms with Gasteiger partial charge in [-0.15, -0.1) is 0 Å². The van der Waals surface area contributed by atoms with Crippen molar-refractivity contribution in [1.82, 2.24) is 5.32 Å². The molecule has 1 aliphatic carbocycles. The molecule has 2 aromatic carbocycles. The van der Waals surface area contributed by atoms with Crippen LogP contribution in [-0.4, -0.2) is 32.6 Å². The largest absolute Gasteiger partial charge is 0.493 e. The van der Waals surface area contributed by atoms with E-state index in [2.05, 4.69) is 27.8 Å². The van der Waals surface area contributed by atoms with Crippen molar-refractivity contribution in [3.05, 3.63) is 87.1 Å². The monoisotopic (exact) mass is 495 g/mol. The van der Waals surface area contributed by atoms with E-state index >= 15 is 0 Å². The average Bonchev–Trinajstić information content (AvgIpc) is 3.08. The van der Waals surface area contributed by atoms with Crippen LogP contribution in [0.3, 0.4) is 0 Å². The lowest BCUT2D eigenvalue weighted by Crippen LogP contribution is -2.29. The van der Waals surface area contributed by atoms with Gasteiger partial charge in [0.15, 0.2) is 17.3 Å². The molecule has 164 valence electrons. The summed E-state index contributed by atoms with van der Waals surface area (Å²) in [5.41, 5.74) is 4.35. The van der Waals surface area contributed by atoms with Crippen molar-refractivity contribution in [1.29, 1.82) is 0 Å². The lowest BCUT2D eigenvalue weighted by molar-refractivity contribution is -0.136. The molecule has 1 N–H and O–H groups in total. The Balaban J connectivity index is 1.94. The van der Waals surface area contributed by atoms with Gasteiger partial charge in [0.1, 0.15) is 6.61 Å². The molecule has 0 amide bonds. The molecule has 1 aliphatic heterocycles. The predicted octanol–water partition coefficient (Wildman–Crippen LogP) is 4.76. The quantitative estimate of drug-likeness (QED) is 0.459. The minimum atomic E-state index is -0.641. The van der Waals surface area contributed by atoms with Crippen LogP contribution in [0.15, 0.2) is 70.4 Å². The zero-order chi connectivity index (χ0) is 23.0. The molecule has 0 saturated heterocycles. The SMILES string of the molecule is C=CCOc1c(Br)cc([C@H]2C(C(=O)OC)=C(C)NC3=C2C(=O)c2ccccc23)cc1OC. The summed E-state index contributed by atoms with van der Waals surface area (Å²) in [7, 11) is 2.87. The summed E-state index contributed by atoms with van der Waals surface area (Å²) in [5.74, 6) is -0.277. The van der Waals surface area contributed by atoms with E-state index in [0.29, 0.717) is 56.2 Å². The first kappa shape index (κ1) is 21.9. The van der Waals surface area contributed by atoms with Crippen molar-refractivity contribution < 1.29 is 23.8 Å². The van der Waals surface area contributed by atoms with Gasteiger partial charge in [0, 0.05) is 28.3 Å². The number of allylic oxidation sites excluding steroid dienone is 2. The van der Waals surface area contributed by atoms with Crippen LogP contribution in [0, 0.1) is 0 Å². The minimum Gasteiger partial charge on any atom is -0.493 e. The van der Waals surface area contributed by atoms with Crippen molar-refractivity contribution in [2.24, 2.45) is 0 Å². The number of hydrogen-bond acceptors (Lipinski definition) is 6. The Morgan fingerprint density at radius 1 is 1.22 bits per heavy atom. The molecule has 6 nitrogen and oxygen atoms in total. The van der Waals surface area contributed by atoms with Crippen LogP contribution < -0.4 is 14.8 Å². The fraction of sp³-hybridized carbons (Fsp3) is 0.200. The molecular formula is C25H22BrNO5. The second kappa shape index (κ2) is 8.67. The number of ether oxygens (including phenoxy) is 3. The van der Waals surface area contributed by atoms with E-state index in [4.69, 9.17) is 14.2 Å². The van der Waals surface area contributed by atoms with Gasteiger partial charge in [-0.25, -0.2) is 4.79 Å². The Kier molecular flexibility index (Phi) is 5.93. The maximum atomic E-state index is 13.5. The standard InChI is InChI=1S/C25H22BrNO5/c1-5-10-32-24-17(26)11-14(12-18(24)30-3)20-19(25(29)31-4)13(2)27-22-15-8-6-7-9-16(15)23(28)21(20)22/h5-9,11-12,20,27H,1,10H2,2-4H3/t20-/m0/s1. The smallest absolute Gasteiger partial charge is 0.336 e. The van der Waals surface area contributed by atoms with Crippen molar-refractivity contribution in [2.45, 2.75) is 12.8 Å². The molecule has 0 aromatic heterocycles. The Hall–Kier alpha value is -3.32. The first-order valence-electron chi connectivity index (χ1n) is 9.98. The predicted molar refractivity (Wildman–Crippen MR) is 125 cm³/mol. The normalized spacial score (nSPS) is 16.9. The first-order chi connectivity index (χ1) is 15.4. The maximum absolute atomic E-state index is 13.5. The molecule has 0 radical (unpaired) electrons. The summed E-state index contributed by atoms with van der Waals surface area (Å²) >= 11 is 3.55. The molecule has 4 rings (SSSR count). The van der Waals surface area contributed by atoms with Crippen LogP contribution in [0.5, 0.6) is 11.5 Å². The number of nitrogens with one attached hydrogen (secondary N) is 1. The van der Waals surface area contributed by atoms with Gasteiger partial charge in [0.2, 0.25) is 0 Å². The number of Topliss-reactive ketones (excluding diaryl/α,β-unsaturated/α-hetero) is 1. The number of fused-ring (bicyclic) bond motifs is 2. The van der Waals surface area contributed by atoms with Gasteiger partial charge in [0.05, 0.1) is 30.0 Å². The highest BCUT2D eigenvalue weighted by atomic mass is 79.9. The number of benzene rings is 2. The highest BCUT2D eigenvalue weighted by Gasteiger charge is 2.43. The van der Waals surface area contributed by atoms with Gasteiger partial charge in [-0.05, 0) is 40.5 Å². The van der Waals surface area contributed by atoms with E-state index in [1.54, 1.807) is 25.3 Å². The number of dihydropyridines is 1. The fourth-order valence-corrected chi connectivity index (χ4v) is 4.81. The Bertz CT molecular complexity index is 1210. The summed E-state index contributed by atoms with van der Waals surface area (Å²) in [5, 5.41) is 3.27. The summed E-state index contributed by atoms with van der Waals surface area (Å²) in [6.07, 6.45) is 1.64. The van der Waals surface area contributed by atoms with Crippen molar-refractivity contribution >= 4 is 33.4 Å². The third kappa shape index (κ3) is 3.42. The van der Waals surface area contributed by atoms with Crippen LogP contribution in [-0.2, 0) is 9.53 Å². The molecule has 1 heterocycles. The van der Waals surface area contributed by atoms with Gasteiger partial charge < -0.3 is 19.5 Å². The summed E-state index contributed by atoms with van der Waals surface area (Å²) in [6, 6.07) is 11.0. The van der Waals surface area contributed by atoms with E-state index in [0.717, 1.165) is 5.56 Å². The molecule has 7 heteroatoms. The van der Waals surface area contributed by atoms with Gasteiger partial charge in [-0.3, -0.25) is 4.79 Å². The second-order valence-electron chi connectivity index (χ2n) is 7.39. The molecule has 0 unspecified atom stereocenters. The number of esters is 1.